The van der Waals surface area contributed by atoms with Crippen LogP contribution in [0, 0.1) is 0 Å². The second-order valence-corrected chi connectivity index (χ2v) is 9.09. The minimum Gasteiger partial charge on any atom is -0.508 e. The van der Waals surface area contributed by atoms with Crippen LogP contribution in [-0.4, -0.2) is 10.2 Å². The van der Waals surface area contributed by atoms with E-state index in [1.54, 1.807) is 12.1 Å². The second kappa shape index (κ2) is 12.0. The molecule has 0 saturated heterocycles. The van der Waals surface area contributed by atoms with E-state index in [0.717, 1.165) is 58.7 Å². The molecule has 1 aromatic heterocycles. The van der Waals surface area contributed by atoms with Crippen LogP contribution in [0.3, 0.4) is 0 Å². The SMILES string of the molecule is CCCCCCCCc1cc2oc3cc(CCCCCCCC)c(O)cc3c2cc1O. The van der Waals surface area contributed by atoms with Crippen LogP contribution in [0.25, 0.3) is 21.9 Å². The van der Waals surface area contributed by atoms with Gasteiger partial charge in [0.05, 0.1) is 0 Å². The van der Waals surface area contributed by atoms with Gasteiger partial charge in [-0.15, -0.1) is 0 Å². The average molecular weight is 425 g/mol. The van der Waals surface area contributed by atoms with E-state index in [2.05, 4.69) is 13.8 Å². The molecule has 0 unspecified atom stereocenters. The Labute approximate surface area is 187 Å². The van der Waals surface area contributed by atoms with Crippen LogP contribution in [-0.2, 0) is 12.8 Å². The number of phenols is 2. The van der Waals surface area contributed by atoms with Gasteiger partial charge in [-0.05, 0) is 61.1 Å². The van der Waals surface area contributed by atoms with Crippen molar-refractivity contribution in [3.05, 3.63) is 35.4 Å². The van der Waals surface area contributed by atoms with Gasteiger partial charge in [0.1, 0.15) is 22.7 Å². The molecule has 0 aliphatic carbocycles. The number of rotatable bonds is 14. The first kappa shape index (κ1) is 23.5. The number of fused-ring (bicyclic) bond motifs is 3. The fraction of sp³-hybridized carbons (Fsp3) is 0.571. The van der Waals surface area contributed by atoms with E-state index in [1.165, 1.54) is 64.2 Å². The van der Waals surface area contributed by atoms with Crippen LogP contribution in [0.5, 0.6) is 11.5 Å². The summed E-state index contributed by atoms with van der Waals surface area (Å²) in [5.74, 6) is 0.666. The third-order valence-corrected chi connectivity index (χ3v) is 6.47. The molecular formula is C28H40O3. The monoisotopic (exact) mass is 424 g/mol. The Hall–Kier alpha value is -2.16. The van der Waals surface area contributed by atoms with Crippen molar-refractivity contribution in [2.24, 2.45) is 0 Å². The van der Waals surface area contributed by atoms with E-state index < -0.39 is 0 Å². The molecule has 3 heteroatoms. The highest BCUT2D eigenvalue weighted by Crippen LogP contribution is 2.37. The van der Waals surface area contributed by atoms with Crippen molar-refractivity contribution in [1.29, 1.82) is 0 Å². The molecule has 0 radical (unpaired) electrons. The summed E-state index contributed by atoms with van der Waals surface area (Å²) in [6, 6.07) is 7.59. The third-order valence-electron chi connectivity index (χ3n) is 6.47. The van der Waals surface area contributed by atoms with Gasteiger partial charge < -0.3 is 14.6 Å². The summed E-state index contributed by atoms with van der Waals surface area (Å²) < 4.78 is 6.14. The van der Waals surface area contributed by atoms with Gasteiger partial charge in [-0.25, -0.2) is 0 Å². The number of phenolic OH excluding ortho intramolecular Hbond substituents is 2. The fourth-order valence-electron chi connectivity index (χ4n) is 4.52. The Bertz CT molecular complexity index is 878. The van der Waals surface area contributed by atoms with E-state index in [1.807, 2.05) is 12.1 Å². The lowest BCUT2D eigenvalue weighted by molar-refractivity contribution is 0.466. The largest absolute Gasteiger partial charge is 0.508 e. The molecule has 0 bridgehead atoms. The van der Waals surface area contributed by atoms with Crippen LogP contribution in [0.4, 0.5) is 0 Å². The number of unbranched alkanes of at least 4 members (excludes halogenated alkanes) is 10. The molecule has 0 atom stereocenters. The smallest absolute Gasteiger partial charge is 0.135 e. The van der Waals surface area contributed by atoms with Crippen molar-refractivity contribution < 1.29 is 14.6 Å². The van der Waals surface area contributed by atoms with E-state index in [0.29, 0.717) is 11.5 Å². The predicted octanol–water partition coefficient (Wildman–Crippen LogP) is 8.80. The van der Waals surface area contributed by atoms with Crippen molar-refractivity contribution in [2.75, 3.05) is 0 Å². The van der Waals surface area contributed by atoms with Gasteiger partial charge in [0.25, 0.3) is 0 Å². The molecule has 3 nitrogen and oxygen atoms in total. The lowest BCUT2D eigenvalue weighted by Crippen LogP contribution is -1.88. The maximum atomic E-state index is 10.6. The Kier molecular flexibility index (Phi) is 9.12. The first-order valence-electron chi connectivity index (χ1n) is 12.5. The fourth-order valence-corrected chi connectivity index (χ4v) is 4.52. The second-order valence-electron chi connectivity index (χ2n) is 9.09. The summed E-state index contributed by atoms with van der Waals surface area (Å²) in [4.78, 5) is 0. The van der Waals surface area contributed by atoms with Gasteiger partial charge in [-0.1, -0.05) is 78.1 Å². The minimum absolute atomic E-state index is 0.333. The van der Waals surface area contributed by atoms with Crippen LogP contribution in [0.15, 0.2) is 28.7 Å². The minimum atomic E-state index is 0.333. The topological polar surface area (TPSA) is 53.6 Å². The molecule has 0 fully saturated rings. The molecule has 0 amide bonds. The van der Waals surface area contributed by atoms with Crippen molar-refractivity contribution in [1.82, 2.24) is 0 Å². The molecule has 1 heterocycles. The van der Waals surface area contributed by atoms with Crippen molar-refractivity contribution in [3.8, 4) is 11.5 Å². The summed E-state index contributed by atoms with van der Waals surface area (Å²) >= 11 is 0. The quantitative estimate of drug-likeness (QED) is 0.254. The Balaban J connectivity index is 1.67. The van der Waals surface area contributed by atoms with Gasteiger partial charge in [-0.2, -0.15) is 0 Å². The summed E-state index contributed by atoms with van der Waals surface area (Å²) in [5, 5.41) is 22.9. The first-order chi connectivity index (χ1) is 15.1. The van der Waals surface area contributed by atoms with Crippen LogP contribution in [0.2, 0.25) is 0 Å². The number of aryl methyl sites for hydroxylation is 2. The first-order valence-corrected chi connectivity index (χ1v) is 12.5. The maximum absolute atomic E-state index is 10.6. The predicted molar refractivity (Wildman–Crippen MR) is 131 cm³/mol. The van der Waals surface area contributed by atoms with E-state index >= 15 is 0 Å². The Morgan fingerprint density at radius 3 is 1.35 bits per heavy atom. The van der Waals surface area contributed by atoms with E-state index in [9.17, 15) is 10.2 Å². The number of hydrogen-bond acceptors (Lipinski definition) is 3. The zero-order chi connectivity index (χ0) is 22.1. The summed E-state index contributed by atoms with van der Waals surface area (Å²) in [6.07, 6.45) is 16.6. The zero-order valence-corrected chi connectivity index (χ0v) is 19.5. The van der Waals surface area contributed by atoms with Gasteiger partial charge in [0.15, 0.2) is 0 Å². The van der Waals surface area contributed by atoms with Crippen molar-refractivity contribution in [2.45, 2.75) is 104 Å². The van der Waals surface area contributed by atoms with Gasteiger partial charge >= 0.3 is 0 Å². The van der Waals surface area contributed by atoms with Crippen LogP contribution >= 0.6 is 0 Å². The van der Waals surface area contributed by atoms with Crippen LogP contribution < -0.4 is 0 Å². The Morgan fingerprint density at radius 2 is 0.935 bits per heavy atom. The van der Waals surface area contributed by atoms with E-state index in [-0.39, 0.29) is 0 Å². The Morgan fingerprint density at radius 1 is 0.548 bits per heavy atom. The highest BCUT2D eigenvalue weighted by atomic mass is 16.3. The summed E-state index contributed by atoms with van der Waals surface area (Å²) in [7, 11) is 0. The third kappa shape index (κ3) is 6.41. The molecular weight excluding hydrogens is 384 g/mol. The zero-order valence-electron chi connectivity index (χ0n) is 19.5. The molecule has 0 aliphatic rings. The average Bonchev–Trinajstić information content (AvgIpc) is 3.09. The molecule has 3 aromatic rings. The molecule has 170 valence electrons. The molecule has 2 N–H and O–H groups in total. The highest BCUT2D eigenvalue weighted by Gasteiger charge is 2.14. The maximum Gasteiger partial charge on any atom is 0.135 e. The normalized spacial score (nSPS) is 11.7. The van der Waals surface area contributed by atoms with Gasteiger partial charge in [0.2, 0.25) is 0 Å². The lowest BCUT2D eigenvalue weighted by atomic mass is 10.0. The number of benzene rings is 2. The molecule has 31 heavy (non-hydrogen) atoms. The lowest BCUT2D eigenvalue weighted by Gasteiger charge is -2.06. The van der Waals surface area contributed by atoms with Crippen molar-refractivity contribution in [3.63, 3.8) is 0 Å². The summed E-state index contributed by atoms with van der Waals surface area (Å²) in [6.45, 7) is 4.47. The summed E-state index contributed by atoms with van der Waals surface area (Å²) in [5.41, 5.74) is 3.51. The van der Waals surface area contributed by atoms with E-state index in [4.69, 9.17) is 4.42 Å². The number of furan rings is 1. The molecule has 2 aromatic carbocycles. The molecule has 0 spiro atoms. The van der Waals surface area contributed by atoms with Gasteiger partial charge in [0, 0.05) is 10.8 Å². The van der Waals surface area contributed by atoms with Crippen LogP contribution in [0.1, 0.15) is 102 Å². The van der Waals surface area contributed by atoms with Crippen molar-refractivity contribution >= 4 is 21.9 Å². The number of aromatic hydroxyl groups is 2. The van der Waals surface area contributed by atoms with Gasteiger partial charge in [-0.3, -0.25) is 0 Å². The standard InChI is InChI=1S/C28H40O3/c1-3-5-7-9-11-13-15-21-17-27-23(19-25(21)29)24-20-26(30)22(18-28(24)31-27)16-14-12-10-8-6-4-2/h17-20,29-30H,3-16H2,1-2H3. The molecule has 0 aliphatic heterocycles. The number of hydrogen-bond donors (Lipinski definition) is 2. The molecule has 0 saturated carbocycles. The molecule has 3 rings (SSSR count). The highest BCUT2D eigenvalue weighted by molar-refractivity contribution is 6.06.